The number of nitrogens with one attached hydrogen (secondary N) is 1. The zero-order valence-corrected chi connectivity index (χ0v) is 14.6. The van der Waals surface area contributed by atoms with Gasteiger partial charge in [-0.1, -0.05) is 42.5 Å². The van der Waals surface area contributed by atoms with Crippen LogP contribution in [0.5, 0.6) is 5.75 Å². The summed E-state index contributed by atoms with van der Waals surface area (Å²) in [6, 6.07) is 24.1. The second-order valence-electron chi connectivity index (χ2n) is 6.05. The van der Waals surface area contributed by atoms with E-state index < -0.39 is 6.10 Å². The van der Waals surface area contributed by atoms with Gasteiger partial charge in [0.1, 0.15) is 12.4 Å². The molecule has 0 saturated heterocycles. The summed E-state index contributed by atoms with van der Waals surface area (Å²) in [6.07, 6.45) is -0.576. The number of anilines is 1. The summed E-state index contributed by atoms with van der Waals surface area (Å²) in [7, 11) is 0. The van der Waals surface area contributed by atoms with Crippen molar-refractivity contribution in [2.45, 2.75) is 19.6 Å². The van der Waals surface area contributed by atoms with Crippen LogP contribution >= 0.6 is 0 Å². The molecule has 0 spiro atoms. The Bertz CT molecular complexity index is 858. The minimum Gasteiger partial charge on any atom is -0.489 e. The zero-order valence-electron chi connectivity index (χ0n) is 14.6. The van der Waals surface area contributed by atoms with Gasteiger partial charge in [-0.15, -0.1) is 0 Å². The molecule has 0 aromatic heterocycles. The molecule has 4 heteroatoms. The Balaban J connectivity index is 1.61. The van der Waals surface area contributed by atoms with Gasteiger partial charge in [0.2, 0.25) is 0 Å². The number of aliphatic hydroxyl groups is 1. The van der Waals surface area contributed by atoms with Gasteiger partial charge in [0.25, 0.3) is 5.91 Å². The van der Waals surface area contributed by atoms with Crippen molar-refractivity contribution in [3.8, 4) is 5.75 Å². The Hall–Kier alpha value is -3.11. The number of carbonyl (C=O) groups is 1. The summed E-state index contributed by atoms with van der Waals surface area (Å²) in [5.74, 6) is 0.504. The molecule has 0 aliphatic carbocycles. The van der Waals surface area contributed by atoms with E-state index in [1.807, 2.05) is 36.4 Å². The predicted molar refractivity (Wildman–Crippen MR) is 102 cm³/mol. The number of ether oxygens (including phenoxy) is 1. The third kappa shape index (κ3) is 4.71. The lowest BCUT2D eigenvalue weighted by molar-refractivity contribution is 0.102. The monoisotopic (exact) mass is 347 g/mol. The normalized spacial score (nSPS) is 11.6. The molecule has 132 valence electrons. The molecule has 0 heterocycles. The van der Waals surface area contributed by atoms with Crippen molar-refractivity contribution < 1.29 is 14.6 Å². The second-order valence-corrected chi connectivity index (χ2v) is 6.05. The Kier molecular flexibility index (Phi) is 5.66. The van der Waals surface area contributed by atoms with Crippen LogP contribution in [0.1, 0.15) is 34.5 Å². The molecule has 2 N–H and O–H groups in total. The first-order valence-electron chi connectivity index (χ1n) is 8.48. The van der Waals surface area contributed by atoms with E-state index in [9.17, 15) is 9.90 Å². The molecule has 1 atom stereocenters. The lowest BCUT2D eigenvalue weighted by Crippen LogP contribution is -2.12. The van der Waals surface area contributed by atoms with Crippen molar-refractivity contribution in [3.63, 3.8) is 0 Å². The molecular weight excluding hydrogens is 326 g/mol. The van der Waals surface area contributed by atoms with Crippen LogP contribution in [0, 0.1) is 0 Å². The van der Waals surface area contributed by atoms with Crippen molar-refractivity contribution in [1.29, 1.82) is 0 Å². The summed E-state index contributed by atoms with van der Waals surface area (Å²) >= 11 is 0. The van der Waals surface area contributed by atoms with Crippen LogP contribution < -0.4 is 10.1 Å². The number of benzene rings is 3. The first-order valence-corrected chi connectivity index (χ1v) is 8.48. The Labute approximate surface area is 153 Å². The van der Waals surface area contributed by atoms with Crippen LogP contribution in [-0.2, 0) is 6.61 Å². The molecule has 0 fully saturated rings. The highest BCUT2D eigenvalue weighted by molar-refractivity contribution is 6.04. The van der Waals surface area contributed by atoms with Gasteiger partial charge in [-0.2, -0.15) is 0 Å². The molecule has 0 radical (unpaired) electrons. The largest absolute Gasteiger partial charge is 0.489 e. The number of hydrogen-bond acceptors (Lipinski definition) is 3. The van der Waals surface area contributed by atoms with Gasteiger partial charge >= 0.3 is 0 Å². The average Bonchev–Trinajstić information content (AvgIpc) is 2.68. The molecule has 3 aromatic carbocycles. The van der Waals surface area contributed by atoms with Crippen molar-refractivity contribution >= 4 is 11.6 Å². The quantitative estimate of drug-likeness (QED) is 0.687. The average molecular weight is 347 g/mol. The highest BCUT2D eigenvalue weighted by atomic mass is 16.5. The van der Waals surface area contributed by atoms with Crippen LogP contribution in [0.4, 0.5) is 5.69 Å². The van der Waals surface area contributed by atoms with Gasteiger partial charge in [0.05, 0.1) is 6.10 Å². The minimum absolute atomic E-state index is 0.206. The number of amides is 1. The van der Waals surface area contributed by atoms with Crippen LogP contribution in [0.15, 0.2) is 78.9 Å². The van der Waals surface area contributed by atoms with E-state index in [0.717, 1.165) is 11.1 Å². The van der Waals surface area contributed by atoms with Crippen molar-refractivity contribution in [2.24, 2.45) is 0 Å². The van der Waals surface area contributed by atoms with Crippen LogP contribution in [0.2, 0.25) is 0 Å². The molecular formula is C22H21NO3. The summed E-state index contributed by atoms with van der Waals surface area (Å²) in [6.45, 7) is 2.17. The minimum atomic E-state index is -0.576. The number of hydrogen-bond donors (Lipinski definition) is 2. The van der Waals surface area contributed by atoms with E-state index >= 15 is 0 Å². The van der Waals surface area contributed by atoms with Crippen LogP contribution in [0.25, 0.3) is 0 Å². The van der Waals surface area contributed by atoms with Gasteiger partial charge in [-0.3, -0.25) is 4.79 Å². The fraction of sp³-hybridized carbons (Fsp3) is 0.136. The standard InChI is InChI=1S/C22H21NO3/c1-16(24)19-8-5-9-20(14-19)23-22(25)18-10-12-21(13-11-18)26-15-17-6-3-2-4-7-17/h2-14,16,24H,15H2,1H3,(H,23,25)/t16-/m1/s1. The lowest BCUT2D eigenvalue weighted by Gasteiger charge is -2.10. The van der Waals surface area contributed by atoms with Gasteiger partial charge in [-0.05, 0) is 54.4 Å². The van der Waals surface area contributed by atoms with E-state index in [-0.39, 0.29) is 5.91 Å². The van der Waals surface area contributed by atoms with Gasteiger partial charge in [0.15, 0.2) is 0 Å². The van der Waals surface area contributed by atoms with E-state index in [1.165, 1.54) is 0 Å². The zero-order chi connectivity index (χ0) is 18.4. The van der Waals surface area contributed by atoms with Crippen LogP contribution in [-0.4, -0.2) is 11.0 Å². The first-order chi connectivity index (χ1) is 12.6. The van der Waals surface area contributed by atoms with E-state index in [4.69, 9.17) is 4.74 Å². The fourth-order valence-corrected chi connectivity index (χ4v) is 2.52. The molecule has 0 aliphatic rings. The van der Waals surface area contributed by atoms with E-state index in [2.05, 4.69) is 5.32 Å². The maximum Gasteiger partial charge on any atom is 0.255 e. The maximum absolute atomic E-state index is 12.4. The lowest BCUT2D eigenvalue weighted by atomic mass is 10.1. The van der Waals surface area contributed by atoms with Gasteiger partial charge < -0.3 is 15.2 Å². The highest BCUT2D eigenvalue weighted by Gasteiger charge is 2.08. The molecule has 3 rings (SSSR count). The third-order valence-electron chi connectivity index (χ3n) is 3.99. The first kappa shape index (κ1) is 17.7. The van der Waals surface area contributed by atoms with Crippen molar-refractivity contribution in [2.75, 3.05) is 5.32 Å². The predicted octanol–water partition coefficient (Wildman–Crippen LogP) is 4.57. The topological polar surface area (TPSA) is 58.6 Å². The Morgan fingerprint density at radius 1 is 1.00 bits per heavy atom. The molecule has 26 heavy (non-hydrogen) atoms. The molecule has 0 aliphatic heterocycles. The molecule has 3 aromatic rings. The highest BCUT2D eigenvalue weighted by Crippen LogP contribution is 2.19. The number of aliphatic hydroxyl groups excluding tert-OH is 1. The number of carbonyl (C=O) groups excluding carboxylic acids is 1. The summed E-state index contributed by atoms with van der Waals surface area (Å²) in [5.41, 5.74) is 3.04. The van der Waals surface area contributed by atoms with Crippen LogP contribution in [0.3, 0.4) is 0 Å². The third-order valence-corrected chi connectivity index (χ3v) is 3.99. The molecule has 0 bridgehead atoms. The Morgan fingerprint density at radius 2 is 1.73 bits per heavy atom. The van der Waals surface area contributed by atoms with Gasteiger partial charge in [-0.25, -0.2) is 0 Å². The summed E-state index contributed by atoms with van der Waals surface area (Å²) in [4.78, 5) is 12.4. The second kappa shape index (κ2) is 8.32. The smallest absolute Gasteiger partial charge is 0.255 e. The SMILES string of the molecule is C[C@@H](O)c1cccc(NC(=O)c2ccc(OCc3ccccc3)cc2)c1. The summed E-state index contributed by atoms with van der Waals surface area (Å²) in [5, 5.41) is 12.5. The fourth-order valence-electron chi connectivity index (χ4n) is 2.52. The maximum atomic E-state index is 12.4. The van der Waals surface area contributed by atoms with Gasteiger partial charge in [0, 0.05) is 11.3 Å². The molecule has 1 amide bonds. The van der Waals surface area contributed by atoms with E-state index in [1.54, 1.807) is 49.4 Å². The van der Waals surface area contributed by atoms with Crippen molar-refractivity contribution in [1.82, 2.24) is 0 Å². The molecule has 0 saturated carbocycles. The Morgan fingerprint density at radius 3 is 2.42 bits per heavy atom. The number of rotatable bonds is 6. The molecule has 0 unspecified atom stereocenters. The van der Waals surface area contributed by atoms with E-state index in [0.29, 0.717) is 23.6 Å². The summed E-state index contributed by atoms with van der Waals surface area (Å²) < 4.78 is 5.73. The molecule has 4 nitrogen and oxygen atoms in total. The van der Waals surface area contributed by atoms with Crippen molar-refractivity contribution in [3.05, 3.63) is 95.6 Å².